The Morgan fingerprint density at radius 3 is 1.75 bits per heavy atom. The summed E-state index contributed by atoms with van der Waals surface area (Å²) >= 11 is 0. The first-order valence-corrected chi connectivity index (χ1v) is 4.09. The first-order valence-electron chi connectivity index (χ1n) is 4.09. The highest BCUT2D eigenvalue weighted by molar-refractivity contribution is 5.01. The molecule has 12 heavy (non-hydrogen) atoms. The van der Waals surface area contributed by atoms with Gasteiger partial charge in [0.15, 0.2) is 5.60 Å². The molecule has 0 radical (unpaired) electrons. The number of alkyl halides is 3. The molecule has 1 atom stereocenters. The van der Waals surface area contributed by atoms with Gasteiger partial charge in [-0.2, -0.15) is 13.2 Å². The van der Waals surface area contributed by atoms with Gasteiger partial charge in [-0.1, -0.05) is 13.8 Å². The maximum Gasteiger partial charge on any atom is 0.417 e. The number of rotatable bonds is 2. The molecule has 4 heteroatoms. The summed E-state index contributed by atoms with van der Waals surface area (Å²) in [5.74, 6) is -1.33. The molecule has 1 N–H and O–H groups in total. The molecule has 72 valence electrons. The number of aliphatic hydroxyl groups is 1. The summed E-state index contributed by atoms with van der Waals surface area (Å²) in [4.78, 5) is 0. The van der Waals surface area contributed by atoms with Crippen LogP contribution in [0.3, 0.4) is 0 Å². The summed E-state index contributed by atoms with van der Waals surface area (Å²) < 4.78 is 37.2. The Kier molecular flexibility index (Phi) is 2.15. The van der Waals surface area contributed by atoms with Gasteiger partial charge in [-0.15, -0.1) is 0 Å². The van der Waals surface area contributed by atoms with Crippen molar-refractivity contribution in [2.24, 2.45) is 11.8 Å². The van der Waals surface area contributed by atoms with Gasteiger partial charge < -0.3 is 5.11 Å². The Labute approximate surface area is 69.6 Å². The minimum absolute atomic E-state index is 0.494. The first kappa shape index (κ1) is 9.84. The highest BCUT2D eigenvalue weighted by Gasteiger charge is 2.63. The van der Waals surface area contributed by atoms with E-state index in [0.29, 0.717) is 12.8 Å². The van der Waals surface area contributed by atoms with Crippen LogP contribution in [-0.4, -0.2) is 16.9 Å². The van der Waals surface area contributed by atoms with Crippen LogP contribution < -0.4 is 0 Å². The Morgan fingerprint density at radius 2 is 1.67 bits per heavy atom. The van der Waals surface area contributed by atoms with E-state index in [1.54, 1.807) is 0 Å². The third-order valence-electron chi connectivity index (χ3n) is 2.53. The van der Waals surface area contributed by atoms with Gasteiger partial charge >= 0.3 is 6.18 Å². The van der Waals surface area contributed by atoms with Gasteiger partial charge in [0.25, 0.3) is 0 Å². The van der Waals surface area contributed by atoms with Gasteiger partial charge in [0, 0.05) is 0 Å². The predicted molar refractivity (Wildman–Crippen MR) is 38.6 cm³/mol. The summed E-state index contributed by atoms with van der Waals surface area (Å²) in [5.41, 5.74) is -2.45. The zero-order valence-electron chi connectivity index (χ0n) is 7.15. The molecule has 0 bridgehead atoms. The molecule has 0 aromatic heterocycles. The van der Waals surface area contributed by atoms with Crippen molar-refractivity contribution in [1.82, 2.24) is 0 Å². The van der Waals surface area contributed by atoms with Crippen LogP contribution in [0.2, 0.25) is 0 Å². The summed E-state index contributed by atoms with van der Waals surface area (Å²) in [6.07, 6.45) is -3.50. The fourth-order valence-electron chi connectivity index (χ4n) is 1.55. The largest absolute Gasteiger partial charge is 0.417 e. The van der Waals surface area contributed by atoms with Crippen LogP contribution in [0.4, 0.5) is 13.2 Å². The fourth-order valence-corrected chi connectivity index (χ4v) is 1.55. The van der Waals surface area contributed by atoms with Crippen molar-refractivity contribution in [3.05, 3.63) is 0 Å². The van der Waals surface area contributed by atoms with Gasteiger partial charge in [0.05, 0.1) is 0 Å². The van der Waals surface area contributed by atoms with Crippen molar-refractivity contribution in [1.29, 1.82) is 0 Å². The van der Waals surface area contributed by atoms with Gasteiger partial charge in [0.1, 0.15) is 0 Å². The van der Waals surface area contributed by atoms with Crippen molar-refractivity contribution >= 4 is 0 Å². The first-order chi connectivity index (χ1) is 5.30. The minimum atomic E-state index is -4.48. The van der Waals surface area contributed by atoms with Gasteiger partial charge in [0.2, 0.25) is 0 Å². The lowest BCUT2D eigenvalue weighted by Gasteiger charge is -2.34. The standard InChI is InChI=1S/C8H13F3O/c1-5(2)7(12,6-3-4-6)8(9,10)11/h5-6,12H,3-4H2,1-2H3. The van der Waals surface area contributed by atoms with Crippen LogP contribution in [0.15, 0.2) is 0 Å². The van der Waals surface area contributed by atoms with E-state index in [2.05, 4.69) is 0 Å². The molecule has 1 aliphatic carbocycles. The SMILES string of the molecule is CC(C)C(O)(C1CC1)C(F)(F)F. The van der Waals surface area contributed by atoms with Crippen molar-refractivity contribution in [2.75, 3.05) is 0 Å². The summed E-state index contributed by atoms with van der Waals surface area (Å²) in [7, 11) is 0. The molecule has 1 unspecified atom stereocenters. The maximum atomic E-state index is 12.4. The second kappa shape index (κ2) is 2.62. The highest BCUT2D eigenvalue weighted by Crippen LogP contribution is 2.51. The lowest BCUT2D eigenvalue weighted by atomic mass is 9.85. The molecule has 0 aromatic rings. The normalized spacial score (nSPS) is 24.2. The number of halogens is 3. The van der Waals surface area contributed by atoms with Crippen molar-refractivity contribution in [3.8, 4) is 0 Å². The number of hydrogen-bond donors (Lipinski definition) is 1. The molecule has 0 amide bonds. The van der Waals surface area contributed by atoms with Crippen LogP contribution in [0.5, 0.6) is 0 Å². The second-order valence-electron chi connectivity index (χ2n) is 3.75. The maximum absolute atomic E-state index is 12.4. The predicted octanol–water partition coefficient (Wildman–Crippen LogP) is 2.35. The van der Waals surface area contributed by atoms with E-state index in [1.807, 2.05) is 0 Å². The average molecular weight is 182 g/mol. The molecule has 1 saturated carbocycles. The van der Waals surface area contributed by atoms with E-state index in [0.717, 1.165) is 0 Å². The van der Waals surface area contributed by atoms with Gasteiger partial charge in [-0.3, -0.25) is 0 Å². The summed E-state index contributed by atoms with van der Waals surface area (Å²) in [6.45, 7) is 2.82. The number of hydrogen-bond acceptors (Lipinski definition) is 1. The topological polar surface area (TPSA) is 20.2 Å². The molecule has 1 nitrogen and oxygen atoms in total. The van der Waals surface area contributed by atoms with Crippen LogP contribution in [0.25, 0.3) is 0 Å². The van der Waals surface area contributed by atoms with Crippen molar-refractivity contribution in [2.45, 2.75) is 38.5 Å². The molecule has 1 aliphatic rings. The van der Waals surface area contributed by atoms with Crippen molar-refractivity contribution < 1.29 is 18.3 Å². The van der Waals surface area contributed by atoms with Crippen molar-refractivity contribution in [3.63, 3.8) is 0 Å². The third-order valence-corrected chi connectivity index (χ3v) is 2.53. The Balaban J connectivity index is 2.85. The Hall–Kier alpha value is -0.250. The van der Waals surface area contributed by atoms with Crippen LogP contribution in [-0.2, 0) is 0 Å². The Bertz CT molecular complexity index is 168. The molecular weight excluding hydrogens is 169 g/mol. The van der Waals surface area contributed by atoms with Gasteiger partial charge in [-0.05, 0) is 24.7 Å². The molecule has 0 aromatic carbocycles. The van der Waals surface area contributed by atoms with Crippen LogP contribution in [0, 0.1) is 11.8 Å². The van der Waals surface area contributed by atoms with Crippen LogP contribution >= 0.6 is 0 Å². The summed E-state index contributed by atoms with van der Waals surface area (Å²) in [6, 6.07) is 0. The van der Waals surface area contributed by atoms with Crippen LogP contribution in [0.1, 0.15) is 26.7 Å². The zero-order chi connectivity index (χ0) is 9.57. The lowest BCUT2D eigenvalue weighted by Crippen LogP contribution is -2.51. The molecular formula is C8H13F3O. The van der Waals surface area contributed by atoms with E-state index < -0.39 is 23.6 Å². The lowest BCUT2D eigenvalue weighted by molar-refractivity contribution is -0.284. The molecule has 0 spiro atoms. The molecule has 0 heterocycles. The van der Waals surface area contributed by atoms with Gasteiger partial charge in [-0.25, -0.2) is 0 Å². The Morgan fingerprint density at radius 1 is 1.25 bits per heavy atom. The highest BCUT2D eigenvalue weighted by atomic mass is 19.4. The van der Waals surface area contributed by atoms with E-state index in [-0.39, 0.29) is 0 Å². The van der Waals surface area contributed by atoms with E-state index in [1.165, 1.54) is 13.8 Å². The van der Waals surface area contributed by atoms with E-state index in [9.17, 15) is 18.3 Å². The summed E-state index contributed by atoms with van der Waals surface area (Å²) in [5, 5.41) is 9.44. The second-order valence-corrected chi connectivity index (χ2v) is 3.75. The molecule has 1 rings (SSSR count). The average Bonchev–Trinajstić information content (AvgIpc) is 2.63. The van der Waals surface area contributed by atoms with E-state index >= 15 is 0 Å². The zero-order valence-corrected chi connectivity index (χ0v) is 7.15. The minimum Gasteiger partial charge on any atom is -0.380 e. The third kappa shape index (κ3) is 1.32. The molecule has 0 aliphatic heterocycles. The monoisotopic (exact) mass is 182 g/mol. The fraction of sp³-hybridized carbons (Fsp3) is 1.00. The quantitative estimate of drug-likeness (QED) is 0.695. The smallest absolute Gasteiger partial charge is 0.380 e. The molecule has 0 saturated heterocycles. The molecule has 1 fully saturated rings. The van der Waals surface area contributed by atoms with E-state index in [4.69, 9.17) is 0 Å².